The lowest BCUT2D eigenvalue weighted by Gasteiger charge is -1.96. The van der Waals surface area contributed by atoms with Crippen molar-refractivity contribution in [1.29, 1.82) is 0 Å². The van der Waals surface area contributed by atoms with Gasteiger partial charge in [0.2, 0.25) is 5.89 Å². The van der Waals surface area contributed by atoms with Crippen LogP contribution < -0.4 is 0 Å². The van der Waals surface area contributed by atoms with Gasteiger partial charge in [0.25, 0.3) is 0 Å². The standard InChI is InChI=1S/C11H10ClNO2/c1-7-11(13-10(6-14)15-7)8-2-4-9(12)5-3-8/h2-5,14H,6H2,1H3. The average Bonchev–Trinajstić information content (AvgIpc) is 2.61. The van der Waals surface area contributed by atoms with E-state index < -0.39 is 0 Å². The third-order valence-electron chi connectivity index (χ3n) is 2.09. The first-order valence-electron chi connectivity index (χ1n) is 4.54. The molecule has 2 aromatic rings. The Hall–Kier alpha value is -1.32. The quantitative estimate of drug-likeness (QED) is 0.852. The van der Waals surface area contributed by atoms with Crippen LogP contribution in [0, 0.1) is 6.92 Å². The van der Waals surface area contributed by atoms with Gasteiger partial charge in [-0.3, -0.25) is 0 Å². The van der Waals surface area contributed by atoms with E-state index in [1.807, 2.05) is 19.1 Å². The summed E-state index contributed by atoms with van der Waals surface area (Å²) >= 11 is 5.79. The van der Waals surface area contributed by atoms with Crippen molar-refractivity contribution < 1.29 is 9.52 Å². The van der Waals surface area contributed by atoms with Crippen LogP contribution >= 0.6 is 11.6 Å². The summed E-state index contributed by atoms with van der Waals surface area (Å²) in [6.07, 6.45) is 0. The Morgan fingerprint density at radius 1 is 1.33 bits per heavy atom. The number of nitrogens with zero attached hydrogens (tertiary/aromatic N) is 1. The molecule has 3 nitrogen and oxygen atoms in total. The first-order chi connectivity index (χ1) is 7.20. The van der Waals surface area contributed by atoms with Crippen LogP contribution in [0.15, 0.2) is 28.7 Å². The lowest BCUT2D eigenvalue weighted by Crippen LogP contribution is -1.83. The number of benzene rings is 1. The fraction of sp³-hybridized carbons (Fsp3) is 0.182. The Balaban J connectivity index is 2.44. The second-order valence-electron chi connectivity index (χ2n) is 3.18. The van der Waals surface area contributed by atoms with Crippen LogP contribution in [0.3, 0.4) is 0 Å². The predicted octanol–water partition coefficient (Wildman–Crippen LogP) is 2.80. The van der Waals surface area contributed by atoms with Crippen LogP contribution in [0.25, 0.3) is 11.3 Å². The summed E-state index contributed by atoms with van der Waals surface area (Å²) in [4.78, 5) is 4.17. The molecule has 0 fully saturated rings. The summed E-state index contributed by atoms with van der Waals surface area (Å²) < 4.78 is 5.25. The van der Waals surface area contributed by atoms with Gasteiger partial charge in [0.1, 0.15) is 18.1 Å². The zero-order valence-electron chi connectivity index (χ0n) is 8.20. The summed E-state index contributed by atoms with van der Waals surface area (Å²) in [5.41, 5.74) is 1.68. The van der Waals surface area contributed by atoms with Gasteiger partial charge >= 0.3 is 0 Å². The van der Waals surface area contributed by atoms with Gasteiger partial charge < -0.3 is 9.52 Å². The summed E-state index contributed by atoms with van der Waals surface area (Å²) in [6, 6.07) is 7.33. The van der Waals surface area contributed by atoms with Crippen LogP contribution in [0.4, 0.5) is 0 Å². The Labute approximate surface area is 92.3 Å². The molecule has 1 heterocycles. The molecule has 1 N–H and O–H groups in total. The second-order valence-corrected chi connectivity index (χ2v) is 3.61. The smallest absolute Gasteiger partial charge is 0.220 e. The van der Waals surface area contributed by atoms with Crippen molar-refractivity contribution in [2.24, 2.45) is 0 Å². The summed E-state index contributed by atoms with van der Waals surface area (Å²) in [7, 11) is 0. The minimum Gasteiger partial charge on any atom is -0.443 e. The molecule has 0 spiro atoms. The Morgan fingerprint density at radius 3 is 2.53 bits per heavy atom. The highest BCUT2D eigenvalue weighted by atomic mass is 35.5. The Bertz CT molecular complexity index is 462. The molecule has 0 aliphatic rings. The number of aryl methyl sites for hydroxylation is 1. The van der Waals surface area contributed by atoms with Crippen LogP contribution in [-0.4, -0.2) is 10.1 Å². The lowest BCUT2D eigenvalue weighted by molar-refractivity contribution is 0.238. The molecule has 0 aliphatic heterocycles. The van der Waals surface area contributed by atoms with E-state index in [-0.39, 0.29) is 6.61 Å². The fourth-order valence-corrected chi connectivity index (χ4v) is 1.52. The van der Waals surface area contributed by atoms with Gasteiger partial charge in [0.05, 0.1) is 0 Å². The number of rotatable bonds is 2. The third kappa shape index (κ3) is 2.03. The number of oxazole rings is 1. The maximum atomic E-state index is 8.89. The Morgan fingerprint density at radius 2 is 2.00 bits per heavy atom. The monoisotopic (exact) mass is 223 g/mol. The number of hydrogen-bond acceptors (Lipinski definition) is 3. The van der Waals surface area contributed by atoms with E-state index in [4.69, 9.17) is 21.1 Å². The van der Waals surface area contributed by atoms with Gasteiger partial charge in [-0.05, 0) is 19.1 Å². The molecule has 0 bridgehead atoms. The first kappa shape index (κ1) is 10.2. The van der Waals surface area contributed by atoms with Gasteiger partial charge in [0.15, 0.2) is 0 Å². The molecule has 1 aromatic carbocycles. The maximum absolute atomic E-state index is 8.89. The summed E-state index contributed by atoms with van der Waals surface area (Å²) in [5.74, 6) is 1.03. The fourth-order valence-electron chi connectivity index (χ4n) is 1.39. The second kappa shape index (κ2) is 4.04. The first-order valence-corrected chi connectivity index (χ1v) is 4.91. The van der Waals surface area contributed by atoms with E-state index in [0.717, 1.165) is 11.3 Å². The van der Waals surface area contributed by atoms with E-state index in [2.05, 4.69) is 4.98 Å². The maximum Gasteiger partial charge on any atom is 0.220 e. The molecule has 0 unspecified atom stereocenters. The lowest BCUT2D eigenvalue weighted by atomic mass is 10.1. The Kier molecular flexibility index (Phi) is 2.75. The number of aliphatic hydroxyl groups is 1. The van der Waals surface area contributed by atoms with E-state index >= 15 is 0 Å². The van der Waals surface area contributed by atoms with Crippen molar-refractivity contribution in [2.45, 2.75) is 13.5 Å². The average molecular weight is 224 g/mol. The van der Waals surface area contributed by atoms with Crippen LogP contribution in [0.2, 0.25) is 5.02 Å². The van der Waals surface area contributed by atoms with Crippen molar-refractivity contribution >= 4 is 11.6 Å². The normalized spacial score (nSPS) is 10.6. The molecule has 1 aromatic heterocycles. The highest BCUT2D eigenvalue weighted by Gasteiger charge is 2.10. The van der Waals surface area contributed by atoms with Gasteiger partial charge in [-0.1, -0.05) is 23.7 Å². The molecule has 0 radical (unpaired) electrons. The SMILES string of the molecule is Cc1oc(CO)nc1-c1ccc(Cl)cc1. The van der Waals surface area contributed by atoms with Gasteiger partial charge in [-0.25, -0.2) is 4.98 Å². The van der Waals surface area contributed by atoms with E-state index in [1.165, 1.54) is 0 Å². The highest BCUT2D eigenvalue weighted by Crippen LogP contribution is 2.24. The van der Waals surface area contributed by atoms with E-state index in [0.29, 0.717) is 16.7 Å². The number of aliphatic hydroxyl groups excluding tert-OH is 1. The topological polar surface area (TPSA) is 46.3 Å². The van der Waals surface area contributed by atoms with Crippen molar-refractivity contribution in [3.05, 3.63) is 40.9 Å². The zero-order valence-corrected chi connectivity index (χ0v) is 8.95. The molecule has 0 saturated carbocycles. The number of hydrogen-bond donors (Lipinski definition) is 1. The van der Waals surface area contributed by atoms with Gasteiger partial charge in [0, 0.05) is 10.6 Å². The van der Waals surface area contributed by atoms with E-state index in [9.17, 15) is 0 Å². The van der Waals surface area contributed by atoms with Crippen molar-refractivity contribution in [3.63, 3.8) is 0 Å². The highest BCUT2D eigenvalue weighted by molar-refractivity contribution is 6.30. The summed E-state index contributed by atoms with van der Waals surface area (Å²) in [6.45, 7) is 1.63. The molecular formula is C11H10ClNO2. The third-order valence-corrected chi connectivity index (χ3v) is 2.35. The molecule has 0 amide bonds. The van der Waals surface area contributed by atoms with Crippen molar-refractivity contribution in [3.8, 4) is 11.3 Å². The molecule has 78 valence electrons. The van der Waals surface area contributed by atoms with E-state index in [1.54, 1.807) is 12.1 Å². The van der Waals surface area contributed by atoms with Crippen LogP contribution in [0.1, 0.15) is 11.7 Å². The minimum atomic E-state index is -0.186. The molecule has 0 atom stereocenters. The minimum absolute atomic E-state index is 0.186. The molecule has 0 saturated heterocycles. The molecule has 2 rings (SSSR count). The molecule has 0 aliphatic carbocycles. The molecule has 15 heavy (non-hydrogen) atoms. The van der Waals surface area contributed by atoms with Crippen LogP contribution in [-0.2, 0) is 6.61 Å². The molecular weight excluding hydrogens is 214 g/mol. The largest absolute Gasteiger partial charge is 0.443 e. The van der Waals surface area contributed by atoms with Crippen molar-refractivity contribution in [2.75, 3.05) is 0 Å². The zero-order chi connectivity index (χ0) is 10.8. The van der Waals surface area contributed by atoms with Crippen molar-refractivity contribution in [1.82, 2.24) is 4.98 Å². The van der Waals surface area contributed by atoms with Gasteiger partial charge in [-0.2, -0.15) is 0 Å². The summed E-state index contributed by atoms with van der Waals surface area (Å²) in [5, 5.41) is 9.57. The van der Waals surface area contributed by atoms with Crippen LogP contribution in [0.5, 0.6) is 0 Å². The number of aromatic nitrogens is 1. The predicted molar refractivity (Wildman–Crippen MR) is 57.6 cm³/mol. The molecule has 4 heteroatoms. The number of halogens is 1. The van der Waals surface area contributed by atoms with Gasteiger partial charge in [-0.15, -0.1) is 0 Å².